The van der Waals surface area contributed by atoms with Crippen LogP contribution in [0.5, 0.6) is 0 Å². The van der Waals surface area contributed by atoms with Crippen LogP contribution in [0.4, 0.5) is 4.39 Å². The fraction of sp³-hybridized carbons (Fsp3) is 0.625. The minimum atomic E-state index is -3.95. The Balaban J connectivity index is 1.80. The first-order chi connectivity index (χ1) is 10.9. The van der Waals surface area contributed by atoms with Crippen LogP contribution in [0.15, 0.2) is 29.2 Å². The summed E-state index contributed by atoms with van der Waals surface area (Å²) in [6.45, 7) is 1.91. The van der Waals surface area contributed by atoms with E-state index in [1.165, 1.54) is 25.2 Å². The van der Waals surface area contributed by atoms with Gasteiger partial charge < -0.3 is 5.11 Å². The van der Waals surface area contributed by atoms with Crippen molar-refractivity contribution in [2.75, 3.05) is 20.1 Å². The third-order valence-corrected chi connectivity index (χ3v) is 7.03. The lowest BCUT2D eigenvalue weighted by molar-refractivity contribution is 0.0535. The minimum absolute atomic E-state index is 0.000713. The van der Waals surface area contributed by atoms with Gasteiger partial charge in [-0.25, -0.2) is 12.8 Å². The molecule has 128 valence electrons. The molecule has 1 aliphatic carbocycles. The summed E-state index contributed by atoms with van der Waals surface area (Å²) in [5.41, 5.74) is 0. The molecule has 3 rings (SSSR count). The molecule has 1 aliphatic heterocycles. The summed E-state index contributed by atoms with van der Waals surface area (Å²) in [6, 6.07) is 4.86. The smallest absolute Gasteiger partial charge is 0.246 e. The summed E-state index contributed by atoms with van der Waals surface area (Å²) in [5, 5.41) is 10.6. The van der Waals surface area contributed by atoms with Crippen molar-refractivity contribution >= 4 is 10.0 Å². The highest BCUT2D eigenvalue weighted by Gasteiger charge is 2.44. The van der Waals surface area contributed by atoms with Crippen LogP contribution in [-0.2, 0) is 10.0 Å². The zero-order chi connectivity index (χ0) is 16.6. The molecular weight excluding hydrogens is 319 g/mol. The minimum Gasteiger partial charge on any atom is -0.390 e. The van der Waals surface area contributed by atoms with Crippen LogP contribution in [0.2, 0.25) is 0 Å². The van der Waals surface area contributed by atoms with Gasteiger partial charge in [-0.3, -0.25) is 4.90 Å². The van der Waals surface area contributed by atoms with E-state index in [0.29, 0.717) is 6.42 Å². The highest BCUT2D eigenvalue weighted by Crippen LogP contribution is 2.33. The van der Waals surface area contributed by atoms with E-state index in [1.807, 2.05) is 0 Å². The van der Waals surface area contributed by atoms with Crippen molar-refractivity contribution in [2.24, 2.45) is 0 Å². The molecule has 1 aromatic rings. The number of benzene rings is 1. The summed E-state index contributed by atoms with van der Waals surface area (Å²) in [6.07, 6.45) is 2.86. The average Bonchev–Trinajstić information content (AvgIpc) is 3.16. The zero-order valence-corrected chi connectivity index (χ0v) is 14.0. The van der Waals surface area contributed by atoms with Gasteiger partial charge in [0.2, 0.25) is 10.0 Å². The highest BCUT2D eigenvalue weighted by atomic mass is 32.2. The van der Waals surface area contributed by atoms with Gasteiger partial charge in [0, 0.05) is 13.1 Å². The van der Waals surface area contributed by atoms with Crippen LogP contribution in [0.1, 0.15) is 25.7 Å². The van der Waals surface area contributed by atoms with E-state index in [9.17, 15) is 17.9 Å². The monoisotopic (exact) mass is 342 g/mol. The van der Waals surface area contributed by atoms with Crippen LogP contribution in [0, 0.1) is 5.82 Å². The maximum absolute atomic E-state index is 13.9. The molecule has 0 aromatic heterocycles. The molecular formula is C16H23FN2O3S. The Kier molecular flexibility index (Phi) is 4.73. The Morgan fingerprint density at radius 1 is 1.22 bits per heavy atom. The van der Waals surface area contributed by atoms with Gasteiger partial charge >= 0.3 is 0 Å². The first-order valence-corrected chi connectivity index (χ1v) is 9.51. The van der Waals surface area contributed by atoms with E-state index in [0.717, 1.165) is 42.7 Å². The van der Waals surface area contributed by atoms with Gasteiger partial charge in [-0.15, -0.1) is 0 Å². The summed E-state index contributed by atoms with van der Waals surface area (Å²) in [7, 11) is -2.52. The second-order valence-corrected chi connectivity index (χ2v) is 8.36. The van der Waals surface area contributed by atoms with Crippen LogP contribution in [0.25, 0.3) is 0 Å². The Bertz CT molecular complexity index is 661. The molecule has 0 amide bonds. The fourth-order valence-corrected chi connectivity index (χ4v) is 5.26. The molecule has 1 heterocycles. The molecule has 2 aliphatic rings. The molecule has 1 saturated carbocycles. The molecule has 0 radical (unpaired) electrons. The van der Waals surface area contributed by atoms with Gasteiger partial charge in [0.1, 0.15) is 10.7 Å². The molecule has 3 atom stereocenters. The van der Waals surface area contributed by atoms with Crippen molar-refractivity contribution in [1.29, 1.82) is 0 Å². The number of aliphatic hydroxyl groups excluding tert-OH is 1. The van der Waals surface area contributed by atoms with Crippen LogP contribution >= 0.6 is 0 Å². The second-order valence-electron chi connectivity index (χ2n) is 6.40. The van der Waals surface area contributed by atoms with Crippen molar-refractivity contribution in [3.63, 3.8) is 0 Å². The van der Waals surface area contributed by atoms with E-state index in [1.54, 1.807) is 0 Å². The van der Waals surface area contributed by atoms with Gasteiger partial charge in [-0.05, 0) is 50.9 Å². The van der Waals surface area contributed by atoms with E-state index < -0.39 is 28.0 Å². The number of likely N-dealkylation sites (N-methyl/N-ethyl adjacent to an activating group) is 1. The predicted molar refractivity (Wildman–Crippen MR) is 85.0 cm³/mol. The molecule has 0 bridgehead atoms. The van der Waals surface area contributed by atoms with Gasteiger partial charge in [0.15, 0.2) is 0 Å². The lowest BCUT2D eigenvalue weighted by Crippen LogP contribution is -2.48. The maximum Gasteiger partial charge on any atom is 0.246 e. The van der Waals surface area contributed by atoms with Gasteiger partial charge in [0.05, 0.1) is 12.1 Å². The molecule has 0 spiro atoms. The van der Waals surface area contributed by atoms with E-state index in [-0.39, 0.29) is 10.9 Å². The van der Waals surface area contributed by atoms with Crippen LogP contribution < -0.4 is 0 Å². The van der Waals surface area contributed by atoms with E-state index in [4.69, 9.17) is 0 Å². The number of sulfonamides is 1. The topological polar surface area (TPSA) is 60.9 Å². The van der Waals surface area contributed by atoms with Crippen molar-refractivity contribution in [3.8, 4) is 0 Å². The summed E-state index contributed by atoms with van der Waals surface area (Å²) in [4.78, 5) is 1.91. The Morgan fingerprint density at radius 3 is 2.52 bits per heavy atom. The standard InChI is InChI=1S/C16H23FN2O3S/c1-18(23(21,22)15-7-3-2-6-12(15)17)13-8-9-14(16(13)20)19-10-4-5-11-19/h2-3,6-7,13-14,16,20H,4-5,8-11H2,1H3/t13-,14-,16-/m1/s1. The number of nitrogens with zero attached hydrogens (tertiary/aromatic N) is 2. The fourth-order valence-electron chi connectivity index (χ4n) is 3.80. The molecule has 5 nitrogen and oxygen atoms in total. The summed E-state index contributed by atoms with van der Waals surface area (Å²) >= 11 is 0. The van der Waals surface area contributed by atoms with E-state index >= 15 is 0 Å². The SMILES string of the molecule is CN([C@@H]1CC[C@@H](N2CCCC2)[C@@H]1O)S(=O)(=O)c1ccccc1F. The highest BCUT2D eigenvalue weighted by molar-refractivity contribution is 7.89. The first kappa shape index (κ1) is 16.8. The number of hydrogen-bond donors (Lipinski definition) is 1. The van der Waals surface area contributed by atoms with Crippen molar-refractivity contribution in [1.82, 2.24) is 9.21 Å². The number of hydrogen-bond acceptors (Lipinski definition) is 4. The number of likely N-dealkylation sites (tertiary alicyclic amines) is 1. The molecule has 7 heteroatoms. The molecule has 1 aromatic carbocycles. The van der Waals surface area contributed by atoms with Gasteiger partial charge in [0.25, 0.3) is 0 Å². The molecule has 0 unspecified atom stereocenters. The third kappa shape index (κ3) is 3.03. The Morgan fingerprint density at radius 2 is 1.87 bits per heavy atom. The lowest BCUT2D eigenvalue weighted by atomic mass is 10.1. The van der Waals surface area contributed by atoms with Gasteiger partial charge in [-0.2, -0.15) is 4.31 Å². The van der Waals surface area contributed by atoms with Crippen molar-refractivity contribution < 1.29 is 17.9 Å². The van der Waals surface area contributed by atoms with Crippen LogP contribution in [-0.4, -0.2) is 61.1 Å². The van der Waals surface area contributed by atoms with E-state index in [2.05, 4.69) is 4.90 Å². The lowest BCUT2D eigenvalue weighted by Gasteiger charge is -2.31. The number of halogens is 1. The number of aliphatic hydroxyl groups is 1. The zero-order valence-electron chi connectivity index (χ0n) is 13.2. The third-order valence-electron chi connectivity index (χ3n) is 5.12. The Hall–Kier alpha value is -1.02. The van der Waals surface area contributed by atoms with Crippen LogP contribution in [0.3, 0.4) is 0 Å². The van der Waals surface area contributed by atoms with Crippen molar-refractivity contribution in [2.45, 2.75) is 48.8 Å². The quantitative estimate of drug-likeness (QED) is 0.899. The van der Waals surface area contributed by atoms with Crippen molar-refractivity contribution in [3.05, 3.63) is 30.1 Å². The maximum atomic E-state index is 13.9. The number of rotatable bonds is 4. The molecule has 1 N–H and O–H groups in total. The molecule has 2 fully saturated rings. The Labute approximate surface area is 136 Å². The second kappa shape index (κ2) is 6.47. The summed E-state index contributed by atoms with van der Waals surface area (Å²) in [5.74, 6) is -0.761. The largest absolute Gasteiger partial charge is 0.390 e. The average molecular weight is 342 g/mol. The predicted octanol–water partition coefficient (Wildman–Crippen LogP) is 1.43. The van der Waals surface area contributed by atoms with Gasteiger partial charge in [-0.1, -0.05) is 12.1 Å². The first-order valence-electron chi connectivity index (χ1n) is 8.07. The molecule has 23 heavy (non-hydrogen) atoms. The summed E-state index contributed by atoms with van der Waals surface area (Å²) < 4.78 is 40.4. The normalized spacial score (nSPS) is 29.5. The molecule has 1 saturated heterocycles.